The Hall–Kier alpha value is -3.56. The van der Waals surface area contributed by atoms with Crippen LogP contribution in [-0.4, -0.2) is 128 Å². The summed E-state index contributed by atoms with van der Waals surface area (Å²) in [6, 6.07) is 33.4. The van der Waals surface area contributed by atoms with Gasteiger partial charge in [0.15, 0.2) is 0 Å². The number of aliphatic hydroxyl groups is 1. The molecule has 0 amide bonds. The van der Waals surface area contributed by atoms with Crippen LogP contribution >= 0.6 is 11.6 Å². The second-order valence-corrected chi connectivity index (χ2v) is 17.9. The predicted molar refractivity (Wildman–Crippen MR) is 278 cm³/mol. The number of aliphatic hydroxyl groups excluding tert-OH is 1. The van der Waals surface area contributed by atoms with E-state index < -0.39 is 35.6 Å². The molecule has 4 aromatic carbocycles. The van der Waals surface area contributed by atoms with E-state index in [4.69, 9.17) is 43.9 Å². The lowest BCUT2D eigenvalue weighted by atomic mass is 10.1. The van der Waals surface area contributed by atoms with Crippen LogP contribution in [0.15, 0.2) is 97.1 Å². The van der Waals surface area contributed by atoms with Gasteiger partial charge in [0.05, 0.1) is 43.2 Å². The van der Waals surface area contributed by atoms with Crippen LogP contribution in [0.4, 0.5) is 52.7 Å². The molecule has 0 fully saturated rings. The third kappa shape index (κ3) is 68.5. The minimum atomic E-state index is -4.51. The minimum absolute atomic E-state index is 0.0199. The van der Waals surface area contributed by atoms with E-state index in [1.165, 1.54) is 21.5 Å². The number of rotatable bonds is 29. The van der Waals surface area contributed by atoms with Crippen molar-refractivity contribution in [1.82, 2.24) is 0 Å². The predicted octanol–water partition coefficient (Wildman–Crippen LogP) is 15.7. The summed E-state index contributed by atoms with van der Waals surface area (Å²) in [5.74, 6) is 0.442. The van der Waals surface area contributed by atoms with Crippen molar-refractivity contribution >= 4 is 43.3 Å². The normalized spacial score (nSPS) is 11.5. The Morgan fingerprint density at radius 1 is 0.397 bits per heavy atom. The van der Waals surface area contributed by atoms with Gasteiger partial charge in [-0.1, -0.05) is 111 Å². The van der Waals surface area contributed by atoms with Crippen LogP contribution < -0.4 is 0 Å². The third-order valence-corrected chi connectivity index (χ3v) is 9.05. The second kappa shape index (κ2) is 50.4. The Labute approximate surface area is 456 Å². The summed E-state index contributed by atoms with van der Waals surface area (Å²) in [6.07, 6.45) is -8.38. The molecule has 0 bridgehead atoms. The van der Waals surface area contributed by atoms with Crippen LogP contribution in [-0.2, 0) is 43.3 Å². The van der Waals surface area contributed by atoms with E-state index >= 15 is 0 Å². The maximum atomic E-state index is 11.5. The summed E-state index contributed by atoms with van der Waals surface area (Å²) in [4.78, 5) is 0. The molecule has 1 N–H and O–H groups in total. The molecule has 4 aromatic rings. The lowest BCUT2D eigenvalue weighted by Gasteiger charge is -2.06. The van der Waals surface area contributed by atoms with E-state index in [0.29, 0.717) is 96.4 Å². The van der Waals surface area contributed by atoms with Gasteiger partial charge in [-0.25, -0.2) is 8.42 Å². The van der Waals surface area contributed by atoms with E-state index in [1.807, 2.05) is 13.8 Å². The van der Waals surface area contributed by atoms with E-state index in [-0.39, 0.29) is 33.0 Å². The summed E-state index contributed by atoms with van der Waals surface area (Å²) in [5, 5.41) is 13.5. The summed E-state index contributed by atoms with van der Waals surface area (Å²) in [7, 11) is -3.92. The van der Waals surface area contributed by atoms with E-state index in [0.717, 1.165) is 45.3 Å². The Bertz CT molecular complexity index is 1750. The number of halogens is 13. The van der Waals surface area contributed by atoms with Crippen LogP contribution in [0.5, 0.6) is 0 Å². The van der Waals surface area contributed by atoms with Gasteiger partial charge in [0, 0.05) is 51.8 Å². The smallest absolute Gasteiger partial charge is 0.522 e. The monoisotopic (exact) mass is 1190 g/mol. The molecule has 0 aliphatic heterocycles. The van der Waals surface area contributed by atoms with Gasteiger partial charge < -0.3 is 23.9 Å². The number of ether oxygens (including phenoxy) is 7. The number of hydrogen-bond acceptors (Lipinski definition) is 11. The molecule has 0 saturated heterocycles. The van der Waals surface area contributed by atoms with Crippen LogP contribution in [0.3, 0.4) is 0 Å². The number of unbranched alkanes of at least 4 members (excludes halogenated alkanes) is 8. The van der Waals surface area contributed by atoms with Gasteiger partial charge in [0.1, 0.15) is 0 Å². The molecule has 0 aromatic heterocycles. The molecule has 0 aliphatic rings. The minimum Gasteiger partial charge on any atom is -0.748 e. The molecule has 78 heavy (non-hydrogen) atoms. The first kappa shape index (κ1) is 78.7. The van der Waals surface area contributed by atoms with E-state index in [9.17, 15) is 52.7 Å². The Kier molecular flexibility index (Phi) is 50.8. The quantitative estimate of drug-likeness (QED) is 0.0240. The average molecular weight is 1190 g/mol. The highest BCUT2D eigenvalue weighted by Gasteiger charge is 2.30. The molecule has 25 heteroatoms. The first-order valence-electron chi connectivity index (χ1n) is 25.2. The van der Waals surface area contributed by atoms with Crippen LogP contribution in [0.25, 0.3) is 21.5 Å². The Morgan fingerprint density at radius 3 is 0.795 bits per heavy atom. The first-order chi connectivity index (χ1) is 36.7. The van der Waals surface area contributed by atoms with Crippen molar-refractivity contribution < 1.29 is 104 Å². The van der Waals surface area contributed by atoms with Gasteiger partial charge >= 0.3 is 25.4 Å². The SMILES string of the molecule is CCCOCCCCCOC(F)(F)F.CCCOCCCCCOC(F)(F)F.CS(=O)(=O)[O-].FC(F)(F)OCCCCCOCCCl.OCCCCCOC(F)(F)F.c1ccc2ccccc2c1.c1ccc2ccccc2c1. The van der Waals surface area contributed by atoms with Crippen LogP contribution in [0, 0.1) is 0 Å². The molecular formula is C53H78ClF12O11S-. The molecule has 11 nitrogen and oxygen atoms in total. The van der Waals surface area contributed by atoms with Gasteiger partial charge in [-0.3, -0.25) is 18.9 Å². The summed E-state index contributed by atoms with van der Waals surface area (Å²) >= 11 is 5.34. The topological polar surface area (TPSA) is 142 Å². The van der Waals surface area contributed by atoms with E-state index in [2.05, 4.69) is 116 Å². The number of alkyl halides is 13. The first-order valence-corrected chi connectivity index (χ1v) is 27.5. The molecule has 0 heterocycles. The molecule has 0 radical (unpaired) electrons. The van der Waals surface area contributed by atoms with Gasteiger partial charge in [-0.15, -0.1) is 64.3 Å². The number of benzene rings is 4. The molecule has 4 rings (SSSR count). The standard InChI is InChI=1S/2C10H8.2C9H17F3O2.C8H14ClF3O2.C6H11F3O2.CH4O3S/c2*1-2-6-10-8-4-3-7-9(10)5-1;2*1-2-6-13-7-4-3-5-8-14-9(10,11)12;9-4-7-13-5-2-1-3-6-14-8(10,11)12;7-6(8,9)11-5-3-1-2-4-10;1-5(2,3)4/h2*1-8H;2*2-8H2,1H3;1-7H2;10H,1-5H2;1H3,(H,2,3,4)/p-1. The van der Waals surface area contributed by atoms with Gasteiger partial charge in [0.25, 0.3) is 0 Å². The Morgan fingerprint density at radius 2 is 0.603 bits per heavy atom. The zero-order valence-corrected chi connectivity index (χ0v) is 46.0. The van der Waals surface area contributed by atoms with E-state index in [1.54, 1.807) is 0 Å². The lowest BCUT2D eigenvalue weighted by molar-refractivity contribution is -0.325. The van der Waals surface area contributed by atoms with Crippen molar-refractivity contribution in [2.24, 2.45) is 0 Å². The molecule has 0 atom stereocenters. The molecule has 0 spiro atoms. The van der Waals surface area contributed by atoms with Crippen LogP contribution in [0.1, 0.15) is 104 Å². The Balaban J connectivity index is -0.000000853. The second-order valence-electron chi connectivity index (χ2n) is 16.1. The molecular weight excluding hydrogens is 1110 g/mol. The lowest BCUT2D eigenvalue weighted by Crippen LogP contribution is -2.14. The van der Waals surface area contributed by atoms with Crippen molar-refractivity contribution in [3.05, 3.63) is 97.1 Å². The molecule has 454 valence electrons. The number of fused-ring (bicyclic) bond motifs is 2. The number of hydrogen-bond donors (Lipinski definition) is 1. The highest BCUT2D eigenvalue weighted by molar-refractivity contribution is 7.84. The van der Waals surface area contributed by atoms with Crippen molar-refractivity contribution in [1.29, 1.82) is 0 Å². The zero-order chi connectivity index (χ0) is 59.5. The molecule has 0 saturated carbocycles. The van der Waals surface area contributed by atoms with Gasteiger partial charge in [-0.2, -0.15) is 0 Å². The summed E-state index contributed by atoms with van der Waals surface area (Å²) < 4.78 is 194. The largest absolute Gasteiger partial charge is 0.748 e. The van der Waals surface area contributed by atoms with Crippen molar-refractivity contribution in [2.45, 2.75) is 129 Å². The summed E-state index contributed by atoms with van der Waals surface area (Å²) in [5.41, 5.74) is 0. The van der Waals surface area contributed by atoms with Crippen molar-refractivity contribution in [2.75, 3.05) is 84.8 Å². The maximum absolute atomic E-state index is 11.5. The fourth-order valence-corrected chi connectivity index (χ4v) is 5.62. The maximum Gasteiger partial charge on any atom is 0.522 e. The van der Waals surface area contributed by atoms with Gasteiger partial charge in [0.2, 0.25) is 0 Å². The van der Waals surface area contributed by atoms with Crippen LogP contribution in [0.2, 0.25) is 0 Å². The zero-order valence-electron chi connectivity index (χ0n) is 44.5. The fraction of sp³-hybridized carbons (Fsp3) is 0.623. The fourth-order valence-electron chi connectivity index (χ4n) is 5.51. The third-order valence-electron chi connectivity index (χ3n) is 8.90. The molecule has 0 unspecified atom stereocenters. The van der Waals surface area contributed by atoms with Crippen molar-refractivity contribution in [3.63, 3.8) is 0 Å². The molecule has 0 aliphatic carbocycles. The van der Waals surface area contributed by atoms with Crippen molar-refractivity contribution in [3.8, 4) is 0 Å². The highest BCUT2D eigenvalue weighted by Crippen LogP contribution is 2.19. The summed E-state index contributed by atoms with van der Waals surface area (Å²) in [6.45, 7) is 6.66. The average Bonchev–Trinajstić information content (AvgIpc) is 3.36. The highest BCUT2D eigenvalue weighted by atomic mass is 35.5. The van der Waals surface area contributed by atoms with Gasteiger partial charge in [-0.05, 0) is 111 Å².